The molecule has 0 bridgehead atoms. The summed E-state index contributed by atoms with van der Waals surface area (Å²) in [7, 11) is 1.59. The minimum absolute atomic E-state index is 0.586. The fourth-order valence-corrected chi connectivity index (χ4v) is 1.20. The first kappa shape index (κ1) is 15.5. The number of hydrogen-bond donors (Lipinski definition) is 1. The number of pyridine rings is 1. The second-order valence-electron chi connectivity index (χ2n) is 3.42. The first-order chi connectivity index (χ1) is 9.29. The van der Waals surface area contributed by atoms with Crippen molar-refractivity contribution in [2.75, 3.05) is 7.11 Å². The molecule has 2 aromatic heterocycles. The molecule has 108 valence electrons. The van der Waals surface area contributed by atoms with Gasteiger partial charge in [0.2, 0.25) is 0 Å². The summed E-state index contributed by atoms with van der Waals surface area (Å²) in [6, 6.07) is 3.60. The van der Waals surface area contributed by atoms with Gasteiger partial charge in [-0.05, 0) is 12.1 Å². The molecule has 0 aromatic carbocycles. The van der Waals surface area contributed by atoms with Crippen LogP contribution in [0.2, 0.25) is 0 Å². The Labute approximate surface area is 110 Å². The summed E-state index contributed by atoms with van der Waals surface area (Å²) in [6.07, 6.45) is -1.04. The van der Waals surface area contributed by atoms with E-state index in [2.05, 4.69) is 5.10 Å². The van der Waals surface area contributed by atoms with Gasteiger partial charge in [-0.1, -0.05) is 0 Å². The van der Waals surface area contributed by atoms with E-state index in [9.17, 15) is 18.0 Å². The van der Waals surface area contributed by atoms with E-state index < -0.39 is 12.1 Å². The number of hydrogen-bond acceptors (Lipinski definition) is 4. The normalized spacial score (nSPS) is 10.6. The number of aliphatic carboxylic acids is 1. The molecule has 6 nitrogen and oxygen atoms in total. The van der Waals surface area contributed by atoms with Crippen molar-refractivity contribution in [1.82, 2.24) is 9.61 Å². The number of aldehydes is 1. The highest BCUT2D eigenvalue weighted by molar-refractivity contribution is 5.85. The molecule has 2 rings (SSSR count). The highest BCUT2D eigenvalue weighted by Crippen LogP contribution is 2.14. The van der Waals surface area contributed by atoms with E-state index in [4.69, 9.17) is 14.6 Å². The number of aromatic nitrogens is 2. The van der Waals surface area contributed by atoms with Crippen molar-refractivity contribution in [2.24, 2.45) is 0 Å². The highest BCUT2D eigenvalue weighted by atomic mass is 19.4. The van der Waals surface area contributed by atoms with Gasteiger partial charge in [-0.25, -0.2) is 9.31 Å². The zero-order chi connectivity index (χ0) is 15.3. The number of ether oxygens (including phenoxy) is 1. The van der Waals surface area contributed by atoms with E-state index >= 15 is 0 Å². The summed E-state index contributed by atoms with van der Waals surface area (Å²) in [6.45, 7) is 0. The smallest absolute Gasteiger partial charge is 0.490 e. The molecule has 0 aliphatic carbocycles. The lowest BCUT2D eigenvalue weighted by Crippen LogP contribution is -2.21. The number of nitrogens with zero attached hydrogens (tertiary/aromatic N) is 2. The van der Waals surface area contributed by atoms with Gasteiger partial charge in [-0.2, -0.15) is 18.3 Å². The molecular formula is C11H9F3N2O4. The van der Waals surface area contributed by atoms with Crippen molar-refractivity contribution < 1.29 is 32.6 Å². The Bertz CT molecular complexity index is 622. The van der Waals surface area contributed by atoms with Gasteiger partial charge < -0.3 is 9.84 Å². The maximum atomic E-state index is 10.6. The minimum Gasteiger partial charge on any atom is -0.495 e. The summed E-state index contributed by atoms with van der Waals surface area (Å²) >= 11 is 0. The Balaban J connectivity index is 0.000000246. The minimum atomic E-state index is -5.08. The second kappa shape index (κ2) is 6.04. The molecule has 0 atom stereocenters. The van der Waals surface area contributed by atoms with Gasteiger partial charge in [0.15, 0.2) is 6.29 Å². The molecular weight excluding hydrogens is 281 g/mol. The van der Waals surface area contributed by atoms with E-state index in [1.54, 1.807) is 30.0 Å². The standard InChI is InChI=1S/C9H8N2O2.C2HF3O2/c1-13-8-2-3-9-7(6-12)4-10-11(9)5-8;3-2(4,5)1(6)7/h2-6H,1H3;(H,6,7). The number of halogens is 3. The molecule has 1 N–H and O–H groups in total. The second-order valence-corrected chi connectivity index (χ2v) is 3.42. The molecule has 0 amide bonds. The van der Waals surface area contributed by atoms with Crippen molar-refractivity contribution in [2.45, 2.75) is 6.18 Å². The average molecular weight is 290 g/mol. The fraction of sp³-hybridized carbons (Fsp3) is 0.182. The summed E-state index contributed by atoms with van der Waals surface area (Å²) < 4.78 is 38.4. The fourth-order valence-electron chi connectivity index (χ4n) is 1.20. The number of alkyl halides is 3. The number of carbonyl (C=O) groups excluding carboxylic acids is 1. The van der Waals surface area contributed by atoms with Crippen LogP contribution in [0.4, 0.5) is 13.2 Å². The summed E-state index contributed by atoms with van der Waals surface area (Å²) in [5, 5.41) is 11.1. The molecule has 0 unspecified atom stereocenters. The number of rotatable bonds is 2. The van der Waals surface area contributed by atoms with Crippen molar-refractivity contribution >= 4 is 17.8 Å². The maximum Gasteiger partial charge on any atom is 0.490 e. The topological polar surface area (TPSA) is 80.9 Å². The van der Waals surface area contributed by atoms with Gasteiger partial charge in [0.1, 0.15) is 5.75 Å². The van der Waals surface area contributed by atoms with E-state index in [0.29, 0.717) is 11.3 Å². The Kier molecular flexibility index (Phi) is 4.68. The van der Waals surface area contributed by atoms with Gasteiger partial charge >= 0.3 is 12.1 Å². The highest BCUT2D eigenvalue weighted by Gasteiger charge is 2.38. The first-order valence-electron chi connectivity index (χ1n) is 5.06. The van der Waals surface area contributed by atoms with Crippen LogP contribution in [0.3, 0.4) is 0 Å². The Hall–Kier alpha value is -2.58. The van der Waals surface area contributed by atoms with Gasteiger partial charge in [0.25, 0.3) is 0 Å². The number of fused-ring (bicyclic) bond motifs is 1. The summed E-state index contributed by atoms with van der Waals surface area (Å²) in [5.41, 5.74) is 1.37. The third kappa shape index (κ3) is 3.70. The van der Waals surface area contributed by atoms with Gasteiger partial charge in [0, 0.05) is 0 Å². The quantitative estimate of drug-likeness (QED) is 0.853. The summed E-state index contributed by atoms with van der Waals surface area (Å²) in [5.74, 6) is -2.04. The van der Waals surface area contributed by atoms with Crippen LogP contribution < -0.4 is 4.74 Å². The van der Waals surface area contributed by atoms with Gasteiger partial charge in [0.05, 0.1) is 30.6 Å². The van der Waals surface area contributed by atoms with E-state index in [-0.39, 0.29) is 0 Å². The van der Waals surface area contributed by atoms with E-state index in [1.165, 1.54) is 6.20 Å². The lowest BCUT2D eigenvalue weighted by Gasteiger charge is -1.99. The Morgan fingerprint density at radius 3 is 2.50 bits per heavy atom. The predicted molar refractivity (Wildman–Crippen MR) is 60.8 cm³/mol. The molecule has 0 aliphatic rings. The molecule has 0 saturated carbocycles. The van der Waals surface area contributed by atoms with Crippen LogP contribution in [-0.2, 0) is 4.79 Å². The molecule has 20 heavy (non-hydrogen) atoms. The lowest BCUT2D eigenvalue weighted by atomic mass is 10.3. The van der Waals surface area contributed by atoms with Crippen LogP contribution >= 0.6 is 0 Å². The SMILES string of the molecule is COc1ccc2c(C=O)cnn2c1.O=C(O)C(F)(F)F. The third-order valence-electron chi connectivity index (χ3n) is 2.12. The zero-order valence-corrected chi connectivity index (χ0v) is 10.1. The van der Waals surface area contributed by atoms with Gasteiger partial charge in [-0.3, -0.25) is 4.79 Å². The van der Waals surface area contributed by atoms with Crippen LogP contribution in [0.5, 0.6) is 5.75 Å². The van der Waals surface area contributed by atoms with Crippen LogP contribution in [-0.4, -0.2) is 40.3 Å². The molecule has 9 heteroatoms. The first-order valence-corrected chi connectivity index (χ1v) is 5.06. The average Bonchev–Trinajstić information content (AvgIpc) is 2.80. The van der Waals surface area contributed by atoms with E-state index in [0.717, 1.165) is 11.8 Å². The van der Waals surface area contributed by atoms with Crippen LogP contribution in [0, 0.1) is 0 Å². The molecule has 0 radical (unpaired) electrons. The number of carboxylic acid groups (broad SMARTS) is 1. The van der Waals surface area contributed by atoms with Crippen LogP contribution in [0.15, 0.2) is 24.5 Å². The predicted octanol–water partition coefficient (Wildman–Crippen LogP) is 1.79. The maximum absolute atomic E-state index is 10.6. The molecule has 2 heterocycles. The number of carboxylic acids is 1. The molecule has 0 saturated heterocycles. The van der Waals surface area contributed by atoms with E-state index in [1.807, 2.05) is 0 Å². The van der Waals surface area contributed by atoms with Gasteiger partial charge in [-0.15, -0.1) is 0 Å². The van der Waals surface area contributed by atoms with Crippen molar-refractivity contribution in [3.8, 4) is 5.75 Å². The van der Waals surface area contributed by atoms with Crippen LogP contribution in [0.1, 0.15) is 10.4 Å². The zero-order valence-electron chi connectivity index (χ0n) is 10.1. The molecule has 0 spiro atoms. The monoisotopic (exact) mass is 290 g/mol. The Morgan fingerprint density at radius 1 is 1.45 bits per heavy atom. The number of carbonyl (C=O) groups is 2. The number of methoxy groups -OCH3 is 1. The molecule has 2 aromatic rings. The van der Waals surface area contributed by atoms with Crippen molar-refractivity contribution in [3.63, 3.8) is 0 Å². The van der Waals surface area contributed by atoms with Crippen molar-refractivity contribution in [3.05, 3.63) is 30.1 Å². The summed E-state index contributed by atoms with van der Waals surface area (Å²) in [4.78, 5) is 19.4. The molecule has 0 fully saturated rings. The lowest BCUT2D eigenvalue weighted by molar-refractivity contribution is -0.192. The molecule has 0 aliphatic heterocycles. The largest absolute Gasteiger partial charge is 0.495 e. The third-order valence-corrected chi connectivity index (χ3v) is 2.12. The van der Waals surface area contributed by atoms with Crippen LogP contribution in [0.25, 0.3) is 5.52 Å². The Morgan fingerprint density at radius 2 is 2.05 bits per heavy atom. The van der Waals surface area contributed by atoms with Crippen molar-refractivity contribution in [1.29, 1.82) is 0 Å².